The third-order valence-electron chi connectivity index (χ3n) is 4.69. The largest absolute Gasteiger partial charge is 0.437 e. The number of rotatable bonds is 4. The van der Waals surface area contributed by atoms with Gasteiger partial charge in [0.25, 0.3) is 0 Å². The fourth-order valence-corrected chi connectivity index (χ4v) is 3.90. The van der Waals surface area contributed by atoms with Crippen LogP contribution < -0.4 is 15.0 Å². The number of halogens is 3. The number of alkyl halides is 3. The van der Waals surface area contributed by atoms with Crippen LogP contribution in [0.5, 0.6) is 11.6 Å². The highest BCUT2D eigenvalue weighted by Crippen LogP contribution is 2.42. The zero-order chi connectivity index (χ0) is 22.0. The number of amides is 2. The molecule has 0 radical (unpaired) electrons. The molecule has 10 heteroatoms. The van der Waals surface area contributed by atoms with Gasteiger partial charge < -0.3 is 10.1 Å². The Kier molecular flexibility index (Phi) is 5.73. The van der Waals surface area contributed by atoms with E-state index in [4.69, 9.17) is 4.74 Å². The van der Waals surface area contributed by atoms with E-state index in [-0.39, 0.29) is 10.6 Å². The average Bonchev–Trinajstić information content (AvgIpc) is 3.17. The number of ether oxygens (including phenoxy) is 1. The number of thioether (sulfide) groups is 1. The molecule has 0 spiro atoms. The van der Waals surface area contributed by atoms with E-state index >= 15 is 0 Å². The molecule has 1 aliphatic rings. The van der Waals surface area contributed by atoms with Crippen molar-refractivity contribution in [3.8, 4) is 11.6 Å². The lowest BCUT2D eigenvalue weighted by Crippen LogP contribution is -2.33. The number of urea groups is 1. The Morgan fingerprint density at radius 2 is 2.06 bits per heavy atom. The Labute approximate surface area is 180 Å². The summed E-state index contributed by atoms with van der Waals surface area (Å²) in [6, 6.07) is 8.68. The van der Waals surface area contributed by atoms with Crippen LogP contribution in [0.3, 0.4) is 0 Å². The molecule has 3 heterocycles. The molecule has 1 aliphatic heterocycles. The standard InChI is InChI=1S/C21H17F3N4O2S/c1-31-18-9-13-6-8-28(17(13)10-16(18)21(22,23)24)20(29)27-14-4-5-19(26-11-14)30-15-3-2-7-25-12-15/h2-5,7,9-12H,6,8H2,1H3,(H,27,29). The molecule has 1 N–H and O–H groups in total. The molecule has 0 fully saturated rings. The highest BCUT2D eigenvalue weighted by atomic mass is 32.2. The topological polar surface area (TPSA) is 67.4 Å². The number of benzene rings is 1. The van der Waals surface area contributed by atoms with Crippen molar-refractivity contribution >= 4 is 29.2 Å². The number of carbonyl (C=O) groups is 1. The summed E-state index contributed by atoms with van der Waals surface area (Å²) in [5.41, 5.74) is 0.642. The van der Waals surface area contributed by atoms with Gasteiger partial charge in [-0.1, -0.05) is 0 Å². The van der Waals surface area contributed by atoms with Gasteiger partial charge >= 0.3 is 12.2 Å². The maximum absolute atomic E-state index is 13.4. The van der Waals surface area contributed by atoms with E-state index in [2.05, 4.69) is 15.3 Å². The fourth-order valence-electron chi connectivity index (χ4n) is 3.25. The molecule has 0 bridgehead atoms. The number of nitrogens with zero attached hydrogens (tertiary/aromatic N) is 3. The Morgan fingerprint density at radius 1 is 1.23 bits per heavy atom. The van der Waals surface area contributed by atoms with E-state index < -0.39 is 17.8 Å². The predicted molar refractivity (Wildman–Crippen MR) is 112 cm³/mol. The summed E-state index contributed by atoms with van der Waals surface area (Å²) in [7, 11) is 0. The van der Waals surface area contributed by atoms with Crippen LogP contribution in [-0.4, -0.2) is 28.8 Å². The first-order valence-corrected chi connectivity index (χ1v) is 10.5. The van der Waals surface area contributed by atoms with Gasteiger partial charge in [0.15, 0.2) is 0 Å². The Hall–Kier alpha value is -3.27. The number of anilines is 2. The lowest BCUT2D eigenvalue weighted by atomic mass is 10.1. The van der Waals surface area contributed by atoms with Crippen molar-refractivity contribution in [3.63, 3.8) is 0 Å². The van der Waals surface area contributed by atoms with E-state index in [0.717, 1.165) is 17.8 Å². The third kappa shape index (κ3) is 4.58. The molecule has 0 saturated carbocycles. The SMILES string of the molecule is CSc1cc2c(cc1C(F)(F)F)N(C(=O)Nc1ccc(Oc3cccnc3)nc1)CC2. The molecule has 0 aliphatic carbocycles. The highest BCUT2D eigenvalue weighted by Gasteiger charge is 2.36. The van der Waals surface area contributed by atoms with Gasteiger partial charge in [-0.15, -0.1) is 11.8 Å². The Balaban J connectivity index is 1.49. The number of aromatic nitrogens is 2. The molecular weight excluding hydrogens is 429 g/mol. The normalized spacial score (nSPS) is 13.1. The highest BCUT2D eigenvalue weighted by molar-refractivity contribution is 7.98. The van der Waals surface area contributed by atoms with E-state index in [1.54, 1.807) is 42.9 Å². The minimum Gasteiger partial charge on any atom is -0.437 e. The lowest BCUT2D eigenvalue weighted by Gasteiger charge is -2.20. The van der Waals surface area contributed by atoms with Crippen molar-refractivity contribution in [3.05, 3.63) is 66.1 Å². The quantitative estimate of drug-likeness (QED) is 0.528. The van der Waals surface area contributed by atoms with E-state index in [1.165, 1.54) is 17.2 Å². The summed E-state index contributed by atoms with van der Waals surface area (Å²) in [6.07, 6.45) is 2.18. The summed E-state index contributed by atoms with van der Waals surface area (Å²) < 4.78 is 45.8. The van der Waals surface area contributed by atoms with Gasteiger partial charge in [0.05, 0.1) is 23.6 Å². The van der Waals surface area contributed by atoms with Crippen molar-refractivity contribution in [2.45, 2.75) is 17.5 Å². The molecule has 0 unspecified atom stereocenters. The molecule has 0 atom stereocenters. The summed E-state index contributed by atoms with van der Waals surface area (Å²) in [4.78, 5) is 22.3. The molecule has 3 aromatic rings. The number of hydrogen-bond acceptors (Lipinski definition) is 5. The summed E-state index contributed by atoms with van der Waals surface area (Å²) in [5.74, 6) is 0.836. The smallest absolute Gasteiger partial charge is 0.417 e. The van der Waals surface area contributed by atoms with Gasteiger partial charge in [-0.2, -0.15) is 13.2 Å². The Morgan fingerprint density at radius 3 is 2.71 bits per heavy atom. The first-order chi connectivity index (χ1) is 14.8. The average molecular weight is 446 g/mol. The van der Waals surface area contributed by atoms with Crippen molar-refractivity contribution in [2.24, 2.45) is 0 Å². The van der Waals surface area contributed by atoms with Crippen LogP contribution in [0.2, 0.25) is 0 Å². The van der Waals surface area contributed by atoms with Crippen molar-refractivity contribution < 1.29 is 22.7 Å². The molecule has 160 valence electrons. The second-order valence-electron chi connectivity index (χ2n) is 6.69. The lowest BCUT2D eigenvalue weighted by molar-refractivity contribution is -0.139. The van der Waals surface area contributed by atoms with Crippen LogP contribution in [0.4, 0.5) is 29.3 Å². The van der Waals surface area contributed by atoms with Crippen molar-refractivity contribution in [2.75, 3.05) is 23.0 Å². The molecule has 2 aromatic heterocycles. The monoisotopic (exact) mass is 446 g/mol. The summed E-state index contributed by atoms with van der Waals surface area (Å²) in [5, 5.41) is 2.67. The van der Waals surface area contributed by atoms with E-state index in [0.29, 0.717) is 35.8 Å². The van der Waals surface area contributed by atoms with Crippen LogP contribution in [0.15, 0.2) is 59.9 Å². The van der Waals surface area contributed by atoms with Crippen LogP contribution in [0, 0.1) is 0 Å². The maximum Gasteiger partial charge on any atom is 0.417 e. The molecular formula is C21H17F3N4O2S. The van der Waals surface area contributed by atoms with Gasteiger partial charge in [0.2, 0.25) is 5.88 Å². The first kappa shape index (κ1) is 21.0. The zero-order valence-electron chi connectivity index (χ0n) is 16.3. The van der Waals surface area contributed by atoms with Gasteiger partial charge in [-0.05, 0) is 48.6 Å². The molecule has 31 heavy (non-hydrogen) atoms. The van der Waals surface area contributed by atoms with Gasteiger partial charge in [0.1, 0.15) is 5.75 Å². The van der Waals surface area contributed by atoms with Gasteiger partial charge in [-0.3, -0.25) is 9.88 Å². The second-order valence-corrected chi connectivity index (χ2v) is 7.53. The third-order valence-corrected chi connectivity index (χ3v) is 5.47. The van der Waals surface area contributed by atoms with Gasteiger partial charge in [-0.25, -0.2) is 9.78 Å². The van der Waals surface area contributed by atoms with Crippen LogP contribution in [0.25, 0.3) is 0 Å². The Bertz CT molecular complexity index is 1090. The number of fused-ring (bicyclic) bond motifs is 1. The first-order valence-electron chi connectivity index (χ1n) is 9.25. The van der Waals surface area contributed by atoms with Crippen LogP contribution >= 0.6 is 11.8 Å². The minimum atomic E-state index is -4.49. The molecule has 4 rings (SSSR count). The van der Waals surface area contributed by atoms with E-state index in [1.807, 2.05) is 0 Å². The summed E-state index contributed by atoms with van der Waals surface area (Å²) in [6.45, 7) is 0.298. The van der Waals surface area contributed by atoms with Gasteiger partial charge in [0, 0.05) is 29.4 Å². The molecule has 0 saturated heterocycles. The number of carbonyl (C=O) groups excluding carboxylic acids is 1. The minimum absolute atomic E-state index is 0.155. The number of nitrogens with one attached hydrogen (secondary N) is 1. The predicted octanol–water partition coefficient (Wildman–Crippen LogP) is 5.60. The second kappa shape index (κ2) is 8.46. The van der Waals surface area contributed by atoms with Crippen molar-refractivity contribution in [1.29, 1.82) is 0 Å². The number of hydrogen-bond donors (Lipinski definition) is 1. The number of pyridine rings is 2. The molecule has 2 amide bonds. The zero-order valence-corrected chi connectivity index (χ0v) is 17.1. The van der Waals surface area contributed by atoms with Crippen molar-refractivity contribution in [1.82, 2.24) is 9.97 Å². The van der Waals surface area contributed by atoms with Crippen LogP contribution in [-0.2, 0) is 12.6 Å². The van der Waals surface area contributed by atoms with E-state index in [9.17, 15) is 18.0 Å². The molecule has 6 nitrogen and oxygen atoms in total. The van der Waals surface area contributed by atoms with Crippen LogP contribution in [0.1, 0.15) is 11.1 Å². The summed E-state index contributed by atoms with van der Waals surface area (Å²) >= 11 is 1.04. The molecule has 1 aromatic carbocycles. The maximum atomic E-state index is 13.4. The fraction of sp³-hybridized carbons (Fsp3) is 0.190.